The van der Waals surface area contributed by atoms with Crippen LogP contribution in [0, 0.1) is 0 Å². The number of aromatic nitrogens is 3. The summed E-state index contributed by atoms with van der Waals surface area (Å²) >= 11 is 9.62. The summed E-state index contributed by atoms with van der Waals surface area (Å²) in [5.74, 6) is 0.787. The second kappa shape index (κ2) is 4.42. The molecule has 0 saturated heterocycles. The van der Waals surface area contributed by atoms with Gasteiger partial charge in [-0.2, -0.15) is 0 Å². The van der Waals surface area contributed by atoms with Crippen molar-refractivity contribution in [1.29, 1.82) is 0 Å². The molecule has 0 atom stereocenters. The molecule has 0 aliphatic rings. The van der Waals surface area contributed by atoms with E-state index in [-0.39, 0.29) is 5.54 Å². The van der Waals surface area contributed by atoms with Crippen molar-refractivity contribution in [2.24, 2.45) is 0 Å². The van der Waals surface area contributed by atoms with Crippen molar-refractivity contribution in [3.05, 3.63) is 34.0 Å². The number of rotatable bonds is 1. The van der Waals surface area contributed by atoms with Gasteiger partial charge in [0.2, 0.25) is 0 Å². The summed E-state index contributed by atoms with van der Waals surface area (Å²) in [6.45, 7) is 6.31. The molecule has 0 aliphatic heterocycles. The lowest BCUT2D eigenvalue weighted by Gasteiger charge is -2.22. The van der Waals surface area contributed by atoms with Crippen LogP contribution in [-0.2, 0) is 5.54 Å². The summed E-state index contributed by atoms with van der Waals surface area (Å²) in [7, 11) is 0. The fourth-order valence-electron chi connectivity index (χ4n) is 1.58. The lowest BCUT2D eigenvalue weighted by Crippen LogP contribution is -2.21. The molecule has 0 aliphatic carbocycles. The second-order valence-electron chi connectivity index (χ2n) is 4.82. The maximum absolute atomic E-state index is 6.23. The molecule has 0 saturated carbocycles. The zero-order valence-electron chi connectivity index (χ0n) is 9.91. The summed E-state index contributed by atoms with van der Waals surface area (Å²) in [6.07, 6.45) is 1.73. The molecular formula is C12H13BrClN3. The van der Waals surface area contributed by atoms with Gasteiger partial charge in [0.1, 0.15) is 6.33 Å². The van der Waals surface area contributed by atoms with Gasteiger partial charge in [-0.1, -0.05) is 27.5 Å². The quantitative estimate of drug-likeness (QED) is 0.793. The lowest BCUT2D eigenvalue weighted by atomic mass is 10.1. The third kappa shape index (κ3) is 2.53. The maximum atomic E-state index is 6.23. The molecule has 1 aromatic heterocycles. The molecule has 0 amide bonds. The van der Waals surface area contributed by atoms with Crippen LogP contribution < -0.4 is 0 Å². The third-order valence-electron chi connectivity index (χ3n) is 2.44. The highest BCUT2D eigenvalue weighted by atomic mass is 79.9. The first-order chi connectivity index (χ1) is 7.89. The van der Waals surface area contributed by atoms with Crippen molar-refractivity contribution < 1.29 is 0 Å². The lowest BCUT2D eigenvalue weighted by molar-refractivity contribution is 0.400. The van der Waals surface area contributed by atoms with E-state index in [0.29, 0.717) is 5.02 Å². The standard InChI is InChI=1S/C12H13BrClN3/c1-12(2,3)17-7-15-16-11(17)9-5-4-8(13)6-10(9)14/h4-7H,1-3H3. The van der Waals surface area contributed by atoms with Crippen LogP contribution in [-0.4, -0.2) is 14.8 Å². The Morgan fingerprint density at radius 3 is 2.59 bits per heavy atom. The van der Waals surface area contributed by atoms with Gasteiger partial charge >= 0.3 is 0 Å². The van der Waals surface area contributed by atoms with Crippen molar-refractivity contribution >= 4 is 27.5 Å². The SMILES string of the molecule is CC(C)(C)n1cnnc1-c1ccc(Br)cc1Cl. The molecule has 2 rings (SSSR count). The fraction of sp³-hybridized carbons (Fsp3) is 0.333. The predicted octanol–water partition coefficient (Wildman–Crippen LogP) is 4.12. The summed E-state index contributed by atoms with van der Waals surface area (Å²) in [6, 6.07) is 5.75. The molecule has 5 heteroatoms. The zero-order valence-corrected chi connectivity index (χ0v) is 12.2. The fourth-order valence-corrected chi connectivity index (χ4v) is 2.34. The van der Waals surface area contributed by atoms with Crippen LogP contribution >= 0.6 is 27.5 Å². The van der Waals surface area contributed by atoms with Crippen LogP contribution in [0.4, 0.5) is 0 Å². The van der Waals surface area contributed by atoms with Gasteiger partial charge in [-0.15, -0.1) is 10.2 Å². The van der Waals surface area contributed by atoms with Crippen molar-refractivity contribution in [2.75, 3.05) is 0 Å². The third-order valence-corrected chi connectivity index (χ3v) is 3.25. The molecule has 0 radical (unpaired) electrons. The molecule has 0 bridgehead atoms. The summed E-state index contributed by atoms with van der Waals surface area (Å²) in [4.78, 5) is 0. The Labute approximate surface area is 114 Å². The van der Waals surface area contributed by atoms with Crippen molar-refractivity contribution in [3.8, 4) is 11.4 Å². The molecule has 2 aromatic rings. The van der Waals surface area contributed by atoms with Gasteiger partial charge in [-0.25, -0.2) is 0 Å². The van der Waals surface area contributed by atoms with Gasteiger partial charge in [-0.3, -0.25) is 0 Å². The first-order valence-corrected chi connectivity index (χ1v) is 6.42. The minimum absolute atomic E-state index is 0.0742. The highest BCUT2D eigenvalue weighted by Gasteiger charge is 2.20. The number of benzene rings is 1. The highest BCUT2D eigenvalue weighted by molar-refractivity contribution is 9.10. The molecule has 0 unspecified atom stereocenters. The van der Waals surface area contributed by atoms with E-state index in [1.54, 1.807) is 6.33 Å². The van der Waals surface area contributed by atoms with Gasteiger partial charge in [0.15, 0.2) is 5.82 Å². The Morgan fingerprint density at radius 1 is 1.29 bits per heavy atom. The Hall–Kier alpha value is -0.870. The number of hydrogen-bond donors (Lipinski definition) is 0. The molecule has 0 N–H and O–H groups in total. The minimum atomic E-state index is -0.0742. The van der Waals surface area contributed by atoms with Crippen LogP contribution in [0.2, 0.25) is 5.02 Å². The molecule has 17 heavy (non-hydrogen) atoms. The first-order valence-electron chi connectivity index (χ1n) is 5.25. The molecule has 0 fully saturated rings. The Morgan fingerprint density at radius 2 is 2.00 bits per heavy atom. The normalized spacial score (nSPS) is 11.8. The number of halogens is 2. The van der Waals surface area contributed by atoms with Gasteiger partial charge in [0, 0.05) is 15.6 Å². The number of nitrogens with zero attached hydrogens (tertiary/aromatic N) is 3. The van der Waals surface area contributed by atoms with Crippen molar-refractivity contribution in [2.45, 2.75) is 26.3 Å². The predicted molar refractivity (Wildman–Crippen MR) is 73.2 cm³/mol. The largest absolute Gasteiger partial charge is 0.308 e. The molecule has 1 heterocycles. The Balaban J connectivity index is 2.58. The second-order valence-corrected chi connectivity index (χ2v) is 6.14. The summed E-state index contributed by atoms with van der Waals surface area (Å²) < 4.78 is 2.97. The van der Waals surface area contributed by atoms with Crippen molar-refractivity contribution in [1.82, 2.24) is 14.8 Å². The highest BCUT2D eigenvalue weighted by Crippen LogP contribution is 2.31. The average molecular weight is 315 g/mol. The van der Waals surface area contributed by atoms with E-state index in [1.165, 1.54) is 0 Å². The Kier molecular flexibility index (Phi) is 3.27. The van der Waals surface area contributed by atoms with Gasteiger partial charge in [-0.05, 0) is 39.0 Å². The number of hydrogen-bond acceptors (Lipinski definition) is 2. The van der Waals surface area contributed by atoms with Crippen LogP contribution in [0.3, 0.4) is 0 Å². The van der Waals surface area contributed by atoms with E-state index in [2.05, 4.69) is 46.9 Å². The van der Waals surface area contributed by atoms with Crippen LogP contribution in [0.1, 0.15) is 20.8 Å². The van der Waals surface area contributed by atoms with Crippen LogP contribution in [0.25, 0.3) is 11.4 Å². The minimum Gasteiger partial charge on any atom is -0.308 e. The zero-order chi connectivity index (χ0) is 12.6. The molecular weight excluding hydrogens is 302 g/mol. The van der Waals surface area contributed by atoms with Crippen LogP contribution in [0.15, 0.2) is 29.0 Å². The average Bonchev–Trinajstić information content (AvgIpc) is 2.65. The molecule has 0 spiro atoms. The monoisotopic (exact) mass is 313 g/mol. The van der Waals surface area contributed by atoms with E-state index in [0.717, 1.165) is 15.9 Å². The van der Waals surface area contributed by atoms with E-state index in [9.17, 15) is 0 Å². The molecule has 90 valence electrons. The van der Waals surface area contributed by atoms with E-state index < -0.39 is 0 Å². The topological polar surface area (TPSA) is 30.7 Å². The van der Waals surface area contributed by atoms with E-state index in [1.807, 2.05) is 22.8 Å². The van der Waals surface area contributed by atoms with Gasteiger partial charge < -0.3 is 4.57 Å². The molecule has 1 aromatic carbocycles. The first kappa shape index (κ1) is 12.6. The van der Waals surface area contributed by atoms with Gasteiger partial charge in [0.05, 0.1) is 5.02 Å². The maximum Gasteiger partial charge on any atom is 0.165 e. The van der Waals surface area contributed by atoms with Crippen molar-refractivity contribution in [3.63, 3.8) is 0 Å². The molecule has 3 nitrogen and oxygen atoms in total. The Bertz CT molecular complexity index is 543. The summed E-state index contributed by atoms with van der Waals surface area (Å²) in [5.41, 5.74) is 0.817. The summed E-state index contributed by atoms with van der Waals surface area (Å²) in [5, 5.41) is 8.79. The van der Waals surface area contributed by atoms with E-state index >= 15 is 0 Å². The van der Waals surface area contributed by atoms with Crippen LogP contribution in [0.5, 0.6) is 0 Å². The van der Waals surface area contributed by atoms with E-state index in [4.69, 9.17) is 11.6 Å². The van der Waals surface area contributed by atoms with Gasteiger partial charge in [0.25, 0.3) is 0 Å². The smallest absolute Gasteiger partial charge is 0.165 e.